The number of rotatable bonds is 4. The van der Waals surface area contributed by atoms with Crippen molar-refractivity contribution in [3.63, 3.8) is 0 Å². The third-order valence-electron chi connectivity index (χ3n) is 4.29. The van der Waals surface area contributed by atoms with Crippen LogP contribution in [0.1, 0.15) is 29.5 Å². The molecule has 1 aromatic carbocycles. The van der Waals surface area contributed by atoms with Gasteiger partial charge in [-0.1, -0.05) is 11.8 Å². The van der Waals surface area contributed by atoms with E-state index in [0.29, 0.717) is 23.0 Å². The van der Waals surface area contributed by atoms with Crippen LogP contribution in [0.25, 0.3) is 11.0 Å². The summed E-state index contributed by atoms with van der Waals surface area (Å²) < 4.78 is 10.9. The molecule has 128 valence electrons. The zero-order valence-electron chi connectivity index (χ0n) is 14.0. The highest BCUT2D eigenvalue weighted by Crippen LogP contribution is 2.24. The predicted octanol–water partition coefficient (Wildman–Crippen LogP) is 3.14. The zero-order valence-corrected chi connectivity index (χ0v) is 14.8. The molecule has 1 aliphatic rings. The molecule has 2 N–H and O–H groups in total. The summed E-state index contributed by atoms with van der Waals surface area (Å²) in [7, 11) is 0. The first-order valence-electron chi connectivity index (χ1n) is 8.11. The van der Waals surface area contributed by atoms with E-state index in [0.717, 1.165) is 36.0 Å². The summed E-state index contributed by atoms with van der Waals surface area (Å²) in [6.45, 7) is 5.48. The maximum Gasteiger partial charge on any atom is 0.336 e. The van der Waals surface area contributed by atoms with Crippen LogP contribution < -0.4 is 11.4 Å². The molecule has 0 radical (unpaired) electrons. The highest BCUT2D eigenvalue weighted by molar-refractivity contribution is 8.13. The minimum Gasteiger partial charge on any atom is -0.423 e. The van der Waals surface area contributed by atoms with Crippen molar-refractivity contribution in [2.24, 2.45) is 10.7 Å². The van der Waals surface area contributed by atoms with E-state index in [9.17, 15) is 4.79 Å². The Morgan fingerprint density at radius 1 is 1.33 bits per heavy atom. The van der Waals surface area contributed by atoms with Crippen molar-refractivity contribution in [1.29, 1.82) is 0 Å². The van der Waals surface area contributed by atoms with E-state index in [1.807, 2.05) is 19.9 Å². The Kier molecular flexibility index (Phi) is 5.26. The molecular formula is C18H22N2O3S. The Hall–Kier alpha value is -1.79. The van der Waals surface area contributed by atoms with Gasteiger partial charge in [-0.05, 0) is 55.5 Å². The van der Waals surface area contributed by atoms with Crippen molar-refractivity contribution >= 4 is 27.9 Å². The highest BCUT2D eigenvalue weighted by Gasteiger charge is 2.15. The number of fused-ring (bicyclic) bond motifs is 1. The molecule has 24 heavy (non-hydrogen) atoms. The van der Waals surface area contributed by atoms with Crippen molar-refractivity contribution in [2.75, 3.05) is 13.2 Å². The molecule has 0 unspecified atom stereocenters. The monoisotopic (exact) mass is 346 g/mol. The van der Waals surface area contributed by atoms with Crippen molar-refractivity contribution in [2.45, 2.75) is 38.5 Å². The van der Waals surface area contributed by atoms with Gasteiger partial charge in [-0.3, -0.25) is 4.99 Å². The van der Waals surface area contributed by atoms with Gasteiger partial charge in [0.05, 0.1) is 12.6 Å². The first-order chi connectivity index (χ1) is 11.5. The fourth-order valence-electron chi connectivity index (χ4n) is 2.78. The highest BCUT2D eigenvalue weighted by atomic mass is 32.2. The summed E-state index contributed by atoms with van der Waals surface area (Å²) in [4.78, 5) is 16.2. The van der Waals surface area contributed by atoms with Gasteiger partial charge in [0.1, 0.15) is 5.58 Å². The molecule has 2 aromatic rings. The normalized spacial score (nSPS) is 18.4. The SMILES string of the molecule is Cc1cc2oc(=O)cc(CSC(N)=NC[C@@H]3CCCO3)c2cc1C. The van der Waals surface area contributed by atoms with Crippen LogP contribution in [0.2, 0.25) is 0 Å². The Labute approximate surface area is 145 Å². The van der Waals surface area contributed by atoms with Crippen molar-refractivity contribution in [3.8, 4) is 0 Å². The molecule has 0 spiro atoms. The Bertz CT molecular complexity index is 823. The van der Waals surface area contributed by atoms with Crippen LogP contribution in [-0.2, 0) is 10.5 Å². The van der Waals surface area contributed by atoms with Crippen LogP contribution >= 0.6 is 11.8 Å². The van der Waals surface area contributed by atoms with Crippen LogP contribution in [0.5, 0.6) is 0 Å². The summed E-state index contributed by atoms with van der Waals surface area (Å²) in [5.41, 5.74) is 9.47. The lowest BCUT2D eigenvalue weighted by molar-refractivity contribution is 0.118. The van der Waals surface area contributed by atoms with E-state index in [1.165, 1.54) is 23.4 Å². The summed E-state index contributed by atoms with van der Waals surface area (Å²) in [6.07, 6.45) is 2.33. The van der Waals surface area contributed by atoms with Gasteiger partial charge >= 0.3 is 5.63 Å². The lowest BCUT2D eigenvalue weighted by Crippen LogP contribution is -2.14. The minimum absolute atomic E-state index is 0.194. The molecule has 0 amide bonds. The number of nitrogens with two attached hydrogens (primary N) is 1. The summed E-state index contributed by atoms with van der Waals surface area (Å²) in [5, 5.41) is 1.48. The lowest BCUT2D eigenvalue weighted by atomic mass is 10.0. The Morgan fingerprint density at radius 2 is 2.12 bits per heavy atom. The number of amidine groups is 1. The topological polar surface area (TPSA) is 77.8 Å². The fourth-order valence-corrected chi connectivity index (χ4v) is 3.49. The van der Waals surface area contributed by atoms with E-state index in [-0.39, 0.29) is 11.7 Å². The first-order valence-corrected chi connectivity index (χ1v) is 9.10. The maximum atomic E-state index is 11.8. The van der Waals surface area contributed by atoms with Crippen LogP contribution in [0.4, 0.5) is 0 Å². The molecular weight excluding hydrogens is 324 g/mol. The van der Waals surface area contributed by atoms with Gasteiger partial charge in [-0.2, -0.15) is 0 Å². The van der Waals surface area contributed by atoms with E-state index in [4.69, 9.17) is 14.9 Å². The molecule has 1 saturated heterocycles. The van der Waals surface area contributed by atoms with Gasteiger partial charge in [0.2, 0.25) is 0 Å². The Morgan fingerprint density at radius 3 is 2.88 bits per heavy atom. The third-order valence-corrected chi connectivity index (χ3v) is 5.18. The lowest BCUT2D eigenvalue weighted by Gasteiger charge is -2.09. The average molecular weight is 346 g/mol. The van der Waals surface area contributed by atoms with Gasteiger partial charge in [-0.25, -0.2) is 4.79 Å². The van der Waals surface area contributed by atoms with E-state index in [2.05, 4.69) is 11.1 Å². The minimum atomic E-state index is -0.337. The number of benzene rings is 1. The smallest absolute Gasteiger partial charge is 0.336 e. The van der Waals surface area contributed by atoms with Crippen LogP contribution in [-0.4, -0.2) is 24.4 Å². The maximum absolute atomic E-state index is 11.8. The first kappa shape index (κ1) is 17.0. The second-order valence-corrected chi connectivity index (χ2v) is 7.12. The number of aliphatic imine (C=N–C) groups is 1. The second kappa shape index (κ2) is 7.40. The van der Waals surface area contributed by atoms with Crippen molar-refractivity contribution in [3.05, 3.63) is 45.3 Å². The molecule has 1 fully saturated rings. The molecule has 3 rings (SSSR count). The quantitative estimate of drug-likeness (QED) is 0.523. The molecule has 1 aromatic heterocycles. The third kappa shape index (κ3) is 3.99. The average Bonchev–Trinajstić information content (AvgIpc) is 3.06. The van der Waals surface area contributed by atoms with Gasteiger partial charge in [0.15, 0.2) is 5.17 Å². The largest absolute Gasteiger partial charge is 0.423 e. The molecule has 6 heteroatoms. The molecule has 0 bridgehead atoms. The predicted molar refractivity (Wildman–Crippen MR) is 98.7 cm³/mol. The number of ether oxygens (including phenoxy) is 1. The fraction of sp³-hybridized carbons (Fsp3) is 0.444. The van der Waals surface area contributed by atoms with Gasteiger partial charge in [-0.15, -0.1) is 0 Å². The molecule has 5 nitrogen and oxygen atoms in total. The molecule has 2 heterocycles. The van der Waals surface area contributed by atoms with Crippen molar-refractivity contribution < 1.29 is 9.15 Å². The number of aryl methyl sites for hydroxylation is 2. The van der Waals surface area contributed by atoms with Crippen LogP contribution in [0.15, 0.2) is 32.4 Å². The molecule has 1 atom stereocenters. The standard InChI is InChI=1S/C18H22N2O3S/c1-11-6-15-13(8-17(21)23-16(15)7-12(11)2)10-24-18(19)20-9-14-4-3-5-22-14/h6-8,14H,3-5,9-10H2,1-2H3,(H2,19,20)/t14-/m0/s1. The molecule has 0 saturated carbocycles. The second-order valence-electron chi connectivity index (χ2n) is 6.13. The number of hydrogen-bond acceptors (Lipinski definition) is 5. The van der Waals surface area contributed by atoms with Gasteiger partial charge in [0, 0.05) is 23.8 Å². The van der Waals surface area contributed by atoms with Crippen molar-refractivity contribution in [1.82, 2.24) is 0 Å². The molecule has 1 aliphatic heterocycles. The Balaban J connectivity index is 1.75. The number of thioether (sulfide) groups is 1. The van der Waals surface area contributed by atoms with Gasteiger partial charge < -0.3 is 14.9 Å². The summed E-state index contributed by atoms with van der Waals surface area (Å²) >= 11 is 1.44. The molecule has 0 aliphatic carbocycles. The zero-order chi connectivity index (χ0) is 17.1. The van der Waals surface area contributed by atoms with E-state index < -0.39 is 0 Å². The van der Waals surface area contributed by atoms with Crippen LogP contribution in [0, 0.1) is 13.8 Å². The number of hydrogen-bond donors (Lipinski definition) is 1. The summed E-state index contributed by atoms with van der Waals surface area (Å²) in [5.74, 6) is 0.589. The summed E-state index contributed by atoms with van der Waals surface area (Å²) in [6, 6.07) is 5.51. The number of nitrogens with zero attached hydrogens (tertiary/aromatic N) is 1. The van der Waals surface area contributed by atoms with E-state index >= 15 is 0 Å². The van der Waals surface area contributed by atoms with Crippen LogP contribution in [0.3, 0.4) is 0 Å². The van der Waals surface area contributed by atoms with Gasteiger partial charge in [0.25, 0.3) is 0 Å². The van der Waals surface area contributed by atoms with E-state index in [1.54, 1.807) is 0 Å².